The first kappa shape index (κ1) is 14.1. The molecule has 0 fully saturated rings. The predicted octanol–water partition coefficient (Wildman–Crippen LogP) is -1.52. The van der Waals surface area contributed by atoms with E-state index in [0.29, 0.717) is 0 Å². The van der Waals surface area contributed by atoms with Gasteiger partial charge in [-0.2, -0.15) is 0 Å². The molecular formula is C9H16O6. The Bertz CT molecular complexity index is 237. The lowest BCUT2D eigenvalue weighted by molar-refractivity contribution is -0.132. The summed E-state index contributed by atoms with van der Waals surface area (Å²) in [7, 11) is 0. The van der Waals surface area contributed by atoms with Gasteiger partial charge in [0, 0.05) is 5.57 Å². The molecule has 0 amide bonds. The number of aliphatic hydroxyl groups is 4. The highest BCUT2D eigenvalue weighted by atomic mass is 16.4. The molecule has 0 aliphatic heterocycles. The van der Waals surface area contributed by atoms with Gasteiger partial charge >= 0.3 is 5.97 Å². The van der Waals surface area contributed by atoms with Crippen LogP contribution in [0.25, 0.3) is 0 Å². The number of carboxylic acids is 1. The maximum Gasteiger partial charge on any atom is 0.330 e. The third-order valence-electron chi connectivity index (χ3n) is 1.98. The van der Waals surface area contributed by atoms with Crippen LogP contribution in [0.3, 0.4) is 0 Å². The molecule has 0 radical (unpaired) electrons. The SMILES string of the molecule is CC(=CCC(O)C(O)C(O)CO)C(=O)O. The Balaban J connectivity index is 4.19. The van der Waals surface area contributed by atoms with Crippen molar-refractivity contribution in [3.05, 3.63) is 11.6 Å². The van der Waals surface area contributed by atoms with Gasteiger partial charge in [0.2, 0.25) is 0 Å². The molecule has 0 saturated carbocycles. The monoisotopic (exact) mass is 220 g/mol. The molecule has 0 aromatic rings. The number of aliphatic hydroxyl groups excluding tert-OH is 4. The summed E-state index contributed by atoms with van der Waals surface area (Å²) in [5.74, 6) is -1.11. The highest BCUT2D eigenvalue weighted by Gasteiger charge is 2.23. The average molecular weight is 220 g/mol. The van der Waals surface area contributed by atoms with Crippen molar-refractivity contribution in [1.82, 2.24) is 0 Å². The van der Waals surface area contributed by atoms with E-state index >= 15 is 0 Å². The van der Waals surface area contributed by atoms with Crippen molar-refractivity contribution in [2.75, 3.05) is 6.61 Å². The molecule has 3 atom stereocenters. The highest BCUT2D eigenvalue weighted by Crippen LogP contribution is 2.06. The molecule has 0 rings (SSSR count). The van der Waals surface area contributed by atoms with Crippen molar-refractivity contribution in [1.29, 1.82) is 0 Å². The van der Waals surface area contributed by atoms with Crippen LogP contribution >= 0.6 is 0 Å². The Hall–Kier alpha value is -0.950. The normalized spacial score (nSPS) is 18.3. The van der Waals surface area contributed by atoms with Crippen molar-refractivity contribution < 1.29 is 30.3 Å². The highest BCUT2D eigenvalue weighted by molar-refractivity contribution is 5.85. The van der Waals surface area contributed by atoms with E-state index in [1.54, 1.807) is 0 Å². The lowest BCUT2D eigenvalue weighted by Crippen LogP contribution is -2.39. The quantitative estimate of drug-likeness (QED) is 0.347. The minimum Gasteiger partial charge on any atom is -0.478 e. The number of hydrogen-bond donors (Lipinski definition) is 5. The van der Waals surface area contributed by atoms with Crippen LogP contribution in [-0.2, 0) is 4.79 Å². The Morgan fingerprint density at radius 1 is 1.27 bits per heavy atom. The molecule has 3 unspecified atom stereocenters. The molecule has 6 heteroatoms. The largest absolute Gasteiger partial charge is 0.478 e. The summed E-state index contributed by atoms with van der Waals surface area (Å²) in [5, 5.41) is 44.4. The summed E-state index contributed by atoms with van der Waals surface area (Å²) in [6.45, 7) is 0.684. The van der Waals surface area contributed by atoms with E-state index in [-0.39, 0.29) is 12.0 Å². The molecule has 0 aliphatic carbocycles. The summed E-state index contributed by atoms with van der Waals surface area (Å²) < 4.78 is 0. The molecule has 0 aromatic carbocycles. The molecule has 0 bridgehead atoms. The maximum absolute atomic E-state index is 10.4. The molecular weight excluding hydrogens is 204 g/mol. The number of carbonyl (C=O) groups is 1. The second kappa shape index (κ2) is 6.52. The van der Waals surface area contributed by atoms with E-state index < -0.39 is 30.9 Å². The second-order valence-corrected chi connectivity index (χ2v) is 3.24. The van der Waals surface area contributed by atoms with E-state index in [1.165, 1.54) is 13.0 Å². The van der Waals surface area contributed by atoms with Gasteiger partial charge in [-0.1, -0.05) is 6.08 Å². The lowest BCUT2D eigenvalue weighted by Gasteiger charge is -2.20. The average Bonchev–Trinajstić information content (AvgIpc) is 2.22. The van der Waals surface area contributed by atoms with Gasteiger partial charge in [-0.05, 0) is 13.3 Å². The third-order valence-corrected chi connectivity index (χ3v) is 1.98. The first-order valence-electron chi connectivity index (χ1n) is 4.45. The van der Waals surface area contributed by atoms with E-state index in [1.807, 2.05) is 0 Å². The van der Waals surface area contributed by atoms with Gasteiger partial charge < -0.3 is 25.5 Å². The summed E-state index contributed by atoms with van der Waals surface area (Å²) in [5.41, 5.74) is 0.0414. The van der Waals surface area contributed by atoms with E-state index in [0.717, 1.165) is 0 Å². The molecule has 6 nitrogen and oxygen atoms in total. The van der Waals surface area contributed by atoms with Crippen LogP contribution in [-0.4, -0.2) is 56.4 Å². The summed E-state index contributed by atoms with van der Waals surface area (Å²) in [6, 6.07) is 0. The van der Waals surface area contributed by atoms with Crippen molar-refractivity contribution in [2.45, 2.75) is 31.7 Å². The van der Waals surface area contributed by atoms with Crippen molar-refractivity contribution in [2.24, 2.45) is 0 Å². The van der Waals surface area contributed by atoms with E-state index in [4.69, 9.17) is 15.3 Å². The molecule has 0 heterocycles. The summed E-state index contributed by atoms with van der Waals surface area (Å²) in [4.78, 5) is 10.4. The summed E-state index contributed by atoms with van der Waals surface area (Å²) in [6.07, 6.45) is -3.09. The van der Waals surface area contributed by atoms with Crippen molar-refractivity contribution in [3.8, 4) is 0 Å². The first-order valence-corrected chi connectivity index (χ1v) is 4.45. The molecule has 0 saturated heterocycles. The van der Waals surface area contributed by atoms with Crippen LogP contribution in [0.4, 0.5) is 0 Å². The van der Waals surface area contributed by atoms with Crippen LogP contribution in [0.1, 0.15) is 13.3 Å². The topological polar surface area (TPSA) is 118 Å². The van der Waals surface area contributed by atoms with Crippen LogP contribution in [0, 0.1) is 0 Å². The maximum atomic E-state index is 10.4. The Labute approximate surface area is 87.1 Å². The van der Waals surface area contributed by atoms with Gasteiger partial charge in [0.05, 0.1) is 12.7 Å². The van der Waals surface area contributed by atoms with Crippen molar-refractivity contribution >= 4 is 5.97 Å². The number of aliphatic carboxylic acids is 1. The Kier molecular flexibility index (Phi) is 6.11. The molecule has 88 valence electrons. The Morgan fingerprint density at radius 3 is 2.20 bits per heavy atom. The molecule has 0 spiro atoms. The van der Waals surface area contributed by atoms with Gasteiger partial charge in [-0.3, -0.25) is 0 Å². The van der Waals surface area contributed by atoms with Gasteiger partial charge in [-0.25, -0.2) is 4.79 Å². The van der Waals surface area contributed by atoms with Gasteiger partial charge in [-0.15, -0.1) is 0 Å². The van der Waals surface area contributed by atoms with Crippen LogP contribution in [0.2, 0.25) is 0 Å². The minimum atomic E-state index is -1.49. The van der Waals surface area contributed by atoms with Crippen LogP contribution in [0.15, 0.2) is 11.6 Å². The number of hydrogen-bond acceptors (Lipinski definition) is 5. The molecule has 15 heavy (non-hydrogen) atoms. The predicted molar refractivity (Wildman–Crippen MR) is 51.1 cm³/mol. The first-order chi connectivity index (χ1) is 6.90. The zero-order valence-corrected chi connectivity index (χ0v) is 8.37. The molecule has 0 aliphatic rings. The van der Waals surface area contributed by atoms with Gasteiger partial charge in [0.15, 0.2) is 0 Å². The zero-order chi connectivity index (χ0) is 12.0. The standard InChI is InChI=1S/C9H16O6/c1-5(9(14)15)2-3-6(11)8(13)7(12)4-10/h2,6-8,10-13H,3-4H2,1H3,(H,14,15). The van der Waals surface area contributed by atoms with Crippen LogP contribution in [0.5, 0.6) is 0 Å². The fourth-order valence-electron chi connectivity index (χ4n) is 0.889. The number of carboxylic acid groups (broad SMARTS) is 1. The fourth-order valence-corrected chi connectivity index (χ4v) is 0.889. The minimum absolute atomic E-state index is 0.0414. The number of rotatable bonds is 6. The summed E-state index contributed by atoms with van der Waals surface area (Å²) >= 11 is 0. The third kappa shape index (κ3) is 4.89. The van der Waals surface area contributed by atoms with Crippen LogP contribution < -0.4 is 0 Å². The van der Waals surface area contributed by atoms with E-state index in [2.05, 4.69) is 0 Å². The van der Waals surface area contributed by atoms with Gasteiger partial charge in [0.25, 0.3) is 0 Å². The molecule has 5 N–H and O–H groups in total. The fraction of sp³-hybridized carbons (Fsp3) is 0.667. The second-order valence-electron chi connectivity index (χ2n) is 3.24. The molecule has 0 aromatic heterocycles. The van der Waals surface area contributed by atoms with E-state index in [9.17, 15) is 15.0 Å². The zero-order valence-electron chi connectivity index (χ0n) is 8.37. The van der Waals surface area contributed by atoms with Crippen molar-refractivity contribution in [3.63, 3.8) is 0 Å². The lowest BCUT2D eigenvalue weighted by atomic mass is 10.0. The van der Waals surface area contributed by atoms with Gasteiger partial charge in [0.1, 0.15) is 12.2 Å². The smallest absolute Gasteiger partial charge is 0.330 e. The Morgan fingerprint density at radius 2 is 1.80 bits per heavy atom.